The van der Waals surface area contributed by atoms with Crippen LogP contribution in [0.1, 0.15) is 13.8 Å². The average Bonchev–Trinajstić information content (AvgIpc) is 2.19. The Morgan fingerprint density at radius 1 is 1.36 bits per heavy atom. The van der Waals surface area contributed by atoms with Gasteiger partial charge in [-0.05, 0) is 26.0 Å². The number of carbonyl (C=O) groups excluding carboxylic acids is 1. The molecule has 0 aliphatic heterocycles. The molecule has 14 heavy (non-hydrogen) atoms. The van der Waals surface area contributed by atoms with Crippen LogP contribution in [0.5, 0.6) is 0 Å². The summed E-state index contributed by atoms with van der Waals surface area (Å²) in [4.78, 5) is 13.2. The Morgan fingerprint density at radius 2 is 1.93 bits per heavy atom. The first-order valence-corrected chi connectivity index (χ1v) is 5.13. The van der Waals surface area contributed by atoms with Crippen molar-refractivity contribution in [1.82, 2.24) is 0 Å². The van der Waals surface area contributed by atoms with E-state index in [1.54, 1.807) is 4.90 Å². The van der Waals surface area contributed by atoms with Gasteiger partial charge in [-0.15, -0.1) is 11.6 Å². The van der Waals surface area contributed by atoms with Gasteiger partial charge in [0.15, 0.2) is 0 Å². The lowest BCUT2D eigenvalue weighted by Crippen LogP contribution is -2.37. The van der Waals surface area contributed by atoms with Crippen molar-refractivity contribution in [2.75, 3.05) is 10.8 Å². The maximum absolute atomic E-state index is 11.5. The predicted molar refractivity (Wildman–Crippen MR) is 59.8 cm³/mol. The molecule has 0 radical (unpaired) electrons. The normalized spacial score (nSPS) is 10.3. The molecule has 1 amide bonds. The molecule has 1 aromatic carbocycles. The second-order valence-corrected chi connectivity index (χ2v) is 3.59. The van der Waals surface area contributed by atoms with Crippen LogP contribution < -0.4 is 4.90 Å². The fourth-order valence-corrected chi connectivity index (χ4v) is 1.51. The summed E-state index contributed by atoms with van der Waals surface area (Å²) in [5, 5.41) is 0. The van der Waals surface area contributed by atoms with Crippen molar-refractivity contribution in [2.24, 2.45) is 0 Å². The maximum Gasteiger partial charge on any atom is 0.242 e. The lowest BCUT2D eigenvalue weighted by atomic mass is 10.2. The molecule has 0 aliphatic carbocycles. The molecule has 0 saturated heterocycles. The number of hydrogen-bond acceptors (Lipinski definition) is 1. The SMILES string of the molecule is CC(C)N(C(=O)CCl)c1ccccc1. The van der Waals surface area contributed by atoms with Gasteiger partial charge in [-0.1, -0.05) is 18.2 Å². The number of halogens is 1. The van der Waals surface area contributed by atoms with Crippen molar-refractivity contribution in [1.29, 1.82) is 0 Å². The summed E-state index contributed by atoms with van der Waals surface area (Å²) in [5.41, 5.74) is 0.896. The van der Waals surface area contributed by atoms with Crippen LogP contribution >= 0.6 is 11.6 Å². The van der Waals surface area contributed by atoms with Crippen LogP contribution in [0.15, 0.2) is 30.3 Å². The third-order valence-electron chi connectivity index (χ3n) is 1.93. The first kappa shape index (κ1) is 11.1. The number of alkyl halides is 1. The number of hydrogen-bond donors (Lipinski definition) is 0. The van der Waals surface area contributed by atoms with Crippen LogP contribution in [-0.2, 0) is 4.79 Å². The second kappa shape index (κ2) is 5.01. The third-order valence-corrected chi connectivity index (χ3v) is 2.16. The van der Waals surface area contributed by atoms with E-state index in [1.807, 2.05) is 44.2 Å². The number of carbonyl (C=O) groups is 1. The summed E-state index contributed by atoms with van der Waals surface area (Å²) in [6.07, 6.45) is 0. The lowest BCUT2D eigenvalue weighted by molar-refractivity contribution is -0.116. The summed E-state index contributed by atoms with van der Waals surface area (Å²) < 4.78 is 0. The van der Waals surface area contributed by atoms with E-state index >= 15 is 0 Å². The highest BCUT2D eigenvalue weighted by Gasteiger charge is 2.17. The molecule has 76 valence electrons. The first-order valence-electron chi connectivity index (χ1n) is 4.60. The largest absolute Gasteiger partial charge is 0.309 e. The second-order valence-electron chi connectivity index (χ2n) is 3.33. The molecule has 0 heterocycles. The third kappa shape index (κ3) is 2.48. The molecule has 1 aromatic rings. The fraction of sp³-hybridized carbons (Fsp3) is 0.364. The highest BCUT2D eigenvalue weighted by atomic mass is 35.5. The smallest absolute Gasteiger partial charge is 0.242 e. The molecule has 0 spiro atoms. The van der Waals surface area contributed by atoms with E-state index in [0.29, 0.717) is 0 Å². The van der Waals surface area contributed by atoms with Gasteiger partial charge < -0.3 is 4.90 Å². The minimum Gasteiger partial charge on any atom is -0.309 e. The minimum absolute atomic E-state index is 0.0209. The van der Waals surface area contributed by atoms with Crippen LogP contribution in [0, 0.1) is 0 Å². The maximum atomic E-state index is 11.5. The van der Waals surface area contributed by atoms with Crippen LogP contribution in [0.3, 0.4) is 0 Å². The molecule has 3 heteroatoms. The number of para-hydroxylation sites is 1. The van der Waals surface area contributed by atoms with E-state index in [1.165, 1.54) is 0 Å². The standard InChI is InChI=1S/C11H14ClNO/c1-9(2)13(11(14)8-12)10-6-4-3-5-7-10/h3-7,9H,8H2,1-2H3. The summed E-state index contributed by atoms with van der Waals surface area (Å²) in [7, 11) is 0. The Morgan fingerprint density at radius 3 is 2.36 bits per heavy atom. The van der Waals surface area contributed by atoms with E-state index in [-0.39, 0.29) is 17.8 Å². The molecule has 0 unspecified atom stereocenters. The van der Waals surface area contributed by atoms with Gasteiger partial charge in [0.1, 0.15) is 5.88 Å². The molecule has 0 bridgehead atoms. The Labute approximate surface area is 89.5 Å². The van der Waals surface area contributed by atoms with Gasteiger partial charge in [0.25, 0.3) is 0 Å². The zero-order chi connectivity index (χ0) is 10.6. The van der Waals surface area contributed by atoms with Gasteiger partial charge >= 0.3 is 0 Å². The molecule has 0 fully saturated rings. The van der Waals surface area contributed by atoms with Crippen LogP contribution in [0.2, 0.25) is 0 Å². The van der Waals surface area contributed by atoms with Crippen molar-refractivity contribution in [3.8, 4) is 0 Å². The molecule has 0 aromatic heterocycles. The first-order chi connectivity index (χ1) is 6.66. The van der Waals surface area contributed by atoms with Crippen molar-refractivity contribution < 1.29 is 4.79 Å². The fourth-order valence-electron chi connectivity index (χ4n) is 1.38. The van der Waals surface area contributed by atoms with Crippen molar-refractivity contribution in [3.63, 3.8) is 0 Å². The Kier molecular flexibility index (Phi) is 3.96. The van der Waals surface area contributed by atoms with E-state index < -0.39 is 0 Å². The number of benzene rings is 1. The summed E-state index contributed by atoms with van der Waals surface area (Å²) in [6.45, 7) is 3.94. The summed E-state index contributed by atoms with van der Waals surface area (Å²) >= 11 is 5.55. The number of nitrogens with zero attached hydrogens (tertiary/aromatic N) is 1. The van der Waals surface area contributed by atoms with E-state index in [2.05, 4.69) is 0 Å². The highest BCUT2D eigenvalue weighted by molar-refractivity contribution is 6.29. The van der Waals surface area contributed by atoms with E-state index in [0.717, 1.165) is 5.69 Å². The highest BCUT2D eigenvalue weighted by Crippen LogP contribution is 2.16. The number of anilines is 1. The minimum atomic E-state index is -0.0622. The van der Waals surface area contributed by atoms with Crippen LogP contribution in [0.25, 0.3) is 0 Å². The van der Waals surface area contributed by atoms with Gasteiger partial charge in [-0.25, -0.2) is 0 Å². The zero-order valence-electron chi connectivity index (χ0n) is 8.40. The van der Waals surface area contributed by atoms with Gasteiger partial charge in [0, 0.05) is 11.7 Å². The Bertz CT molecular complexity index is 297. The van der Waals surface area contributed by atoms with E-state index in [4.69, 9.17) is 11.6 Å². The van der Waals surface area contributed by atoms with Crippen LogP contribution in [0.4, 0.5) is 5.69 Å². The zero-order valence-corrected chi connectivity index (χ0v) is 9.16. The summed E-state index contributed by atoms with van der Waals surface area (Å²) in [6, 6.07) is 9.68. The molecule has 2 nitrogen and oxygen atoms in total. The number of rotatable bonds is 3. The molecule has 0 atom stereocenters. The molecular formula is C11H14ClNO. The quantitative estimate of drug-likeness (QED) is 0.704. The average molecular weight is 212 g/mol. The molecular weight excluding hydrogens is 198 g/mol. The van der Waals surface area contributed by atoms with Crippen molar-refractivity contribution in [3.05, 3.63) is 30.3 Å². The van der Waals surface area contributed by atoms with Gasteiger partial charge in [0.2, 0.25) is 5.91 Å². The number of amides is 1. The van der Waals surface area contributed by atoms with Gasteiger partial charge in [-0.2, -0.15) is 0 Å². The van der Waals surface area contributed by atoms with Crippen LogP contribution in [-0.4, -0.2) is 17.8 Å². The predicted octanol–water partition coefficient (Wildman–Crippen LogP) is 2.67. The molecule has 1 rings (SSSR count). The van der Waals surface area contributed by atoms with Crippen molar-refractivity contribution in [2.45, 2.75) is 19.9 Å². The monoisotopic (exact) mass is 211 g/mol. The van der Waals surface area contributed by atoms with Gasteiger partial charge in [-0.3, -0.25) is 4.79 Å². The molecule has 0 saturated carbocycles. The topological polar surface area (TPSA) is 20.3 Å². The molecule has 0 N–H and O–H groups in total. The van der Waals surface area contributed by atoms with E-state index in [9.17, 15) is 4.79 Å². The van der Waals surface area contributed by atoms with Crippen molar-refractivity contribution >= 4 is 23.2 Å². The summed E-state index contributed by atoms with van der Waals surface area (Å²) in [5.74, 6) is -0.0413. The Balaban J connectivity index is 2.95. The van der Waals surface area contributed by atoms with Gasteiger partial charge in [0.05, 0.1) is 0 Å². The molecule has 0 aliphatic rings. The lowest BCUT2D eigenvalue weighted by Gasteiger charge is -2.25. The Hall–Kier alpha value is -1.02.